The smallest absolute Gasteiger partial charge is 0.242 e. The summed E-state index contributed by atoms with van der Waals surface area (Å²) < 4.78 is 3.93. The molecule has 8 nitrogen and oxygen atoms in total. The SMILES string of the molecule is CNCc1cnc(-n2cccn2)s1.O=Cc1ccc2c(c1)NC(=O)C1CCCCN1S2. The molecule has 1 amide bonds. The number of nitrogens with zero attached hydrogens (tertiary/aromatic N) is 4. The van der Waals surface area contributed by atoms with Crippen molar-refractivity contribution in [2.24, 2.45) is 0 Å². The summed E-state index contributed by atoms with van der Waals surface area (Å²) in [6, 6.07) is 7.27. The quantitative estimate of drug-likeness (QED) is 0.459. The van der Waals surface area contributed by atoms with E-state index in [0.29, 0.717) is 5.56 Å². The molecule has 31 heavy (non-hydrogen) atoms. The topological polar surface area (TPSA) is 92.1 Å². The van der Waals surface area contributed by atoms with E-state index in [-0.39, 0.29) is 11.9 Å². The van der Waals surface area contributed by atoms with Crippen LogP contribution in [0.15, 0.2) is 47.8 Å². The van der Waals surface area contributed by atoms with Crippen molar-refractivity contribution in [2.45, 2.75) is 36.7 Å². The molecule has 0 aliphatic carbocycles. The van der Waals surface area contributed by atoms with E-state index in [1.54, 1.807) is 46.3 Å². The molecule has 2 aromatic heterocycles. The number of carbonyl (C=O) groups is 2. The van der Waals surface area contributed by atoms with Gasteiger partial charge in [-0.25, -0.2) is 14.0 Å². The molecular weight excluding hydrogens is 432 g/mol. The fraction of sp³-hybridized carbons (Fsp3) is 0.333. The second kappa shape index (κ2) is 10.2. The van der Waals surface area contributed by atoms with E-state index < -0.39 is 0 Å². The summed E-state index contributed by atoms with van der Waals surface area (Å²) in [6.45, 7) is 1.80. The number of aldehydes is 1. The lowest BCUT2D eigenvalue weighted by atomic mass is 10.0. The lowest BCUT2D eigenvalue weighted by molar-refractivity contribution is -0.120. The number of nitrogens with one attached hydrogen (secondary N) is 2. The molecule has 2 aliphatic heterocycles. The molecule has 162 valence electrons. The van der Waals surface area contributed by atoms with E-state index in [1.165, 1.54) is 4.88 Å². The summed E-state index contributed by atoms with van der Waals surface area (Å²) in [6.07, 6.45) is 9.46. The molecule has 0 radical (unpaired) electrons. The molecule has 0 saturated carbocycles. The third-order valence-corrected chi connectivity index (χ3v) is 7.17. The van der Waals surface area contributed by atoms with Gasteiger partial charge < -0.3 is 10.6 Å². The van der Waals surface area contributed by atoms with Crippen LogP contribution in [0, 0.1) is 0 Å². The van der Waals surface area contributed by atoms with Crippen molar-refractivity contribution in [2.75, 3.05) is 18.9 Å². The number of amides is 1. The Labute approximate surface area is 189 Å². The Kier molecular flexibility index (Phi) is 7.13. The summed E-state index contributed by atoms with van der Waals surface area (Å²) in [5.74, 6) is 0.0454. The van der Waals surface area contributed by atoms with Gasteiger partial charge in [-0.05, 0) is 50.0 Å². The zero-order valence-electron chi connectivity index (χ0n) is 17.2. The van der Waals surface area contributed by atoms with E-state index in [4.69, 9.17) is 0 Å². The minimum atomic E-state index is -0.0455. The molecule has 1 atom stereocenters. The van der Waals surface area contributed by atoms with Gasteiger partial charge >= 0.3 is 0 Å². The van der Waals surface area contributed by atoms with Crippen LogP contribution in [-0.4, -0.2) is 50.9 Å². The van der Waals surface area contributed by atoms with Crippen LogP contribution in [-0.2, 0) is 11.3 Å². The van der Waals surface area contributed by atoms with Crippen molar-refractivity contribution >= 4 is 41.2 Å². The molecule has 0 spiro atoms. The number of piperidine rings is 1. The van der Waals surface area contributed by atoms with Gasteiger partial charge in [-0.2, -0.15) is 5.10 Å². The monoisotopic (exact) mass is 456 g/mol. The Hall–Kier alpha value is -2.53. The molecule has 1 saturated heterocycles. The highest BCUT2D eigenvalue weighted by molar-refractivity contribution is 7.97. The molecule has 10 heteroatoms. The zero-order valence-corrected chi connectivity index (χ0v) is 18.8. The molecule has 4 heterocycles. The Morgan fingerprint density at radius 2 is 2.26 bits per heavy atom. The number of carbonyl (C=O) groups excluding carboxylic acids is 2. The number of anilines is 1. The first kappa shape index (κ1) is 21.7. The molecule has 1 unspecified atom stereocenters. The molecule has 0 bridgehead atoms. The van der Waals surface area contributed by atoms with Gasteiger partial charge in [0.05, 0.1) is 11.7 Å². The van der Waals surface area contributed by atoms with E-state index in [2.05, 4.69) is 25.0 Å². The van der Waals surface area contributed by atoms with E-state index >= 15 is 0 Å². The van der Waals surface area contributed by atoms with Gasteiger partial charge in [0.1, 0.15) is 6.29 Å². The lowest BCUT2D eigenvalue weighted by Gasteiger charge is -2.30. The fourth-order valence-electron chi connectivity index (χ4n) is 3.46. The molecule has 5 rings (SSSR count). The van der Waals surface area contributed by atoms with Crippen molar-refractivity contribution < 1.29 is 9.59 Å². The number of hydrogen-bond donors (Lipinski definition) is 2. The Balaban J connectivity index is 0.000000158. The summed E-state index contributed by atoms with van der Waals surface area (Å²) in [7, 11) is 1.92. The maximum atomic E-state index is 12.2. The molecule has 3 aromatic rings. The zero-order chi connectivity index (χ0) is 21.6. The fourth-order valence-corrected chi connectivity index (χ4v) is 5.46. The third kappa shape index (κ3) is 5.21. The van der Waals surface area contributed by atoms with Gasteiger partial charge in [-0.15, -0.1) is 0 Å². The largest absolute Gasteiger partial charge is 0.324 e. The minimum Gasteiger partial charge on any atom is -0.324 e. The average Bonchev–Trinajstić information content (AvgIpc) is 3.45. The molecule has 1 aromatic carbocycles. The van der Waals surface area contributed by atoms with Crippen LogP contribution in [0.4, 0.5) is 5.69 Å². The number of aromatic nitrogens is 3. The van der Waals surface area contributed by atoms with Gasteiger partial charge in [-0.3, -0.25) is 9.59 Å². The molecule has 1 fully saturated rings. The third-order valence-electron chi connectivity index (χ3n) is 4.96. The van der Waals surface area contributed by atoms with Gasteiger partial charge in [0.2, 0.25) is 11.0 Å². The maximum Gasteiger partial charge on any atom is 0.242 e. The number of fused-ring (bicyclic) bond motifs is 2. The minimum absolute atomic E-state index is 0.0454. The standard InChI is InChI=1S/C13H14N2O2S.C8H10N4S/c16-8-9-4-5-12-10(7-9)14-13(17)11-3-1-2-6-15(11)18-12;1-9-5-7-6-10-8(13-7)12-4-2-3-11-12/h4-5,7-8,11H,1-3,6H2,(H,14,17);2-4,6,9H,5H2,1H3. The summed E-state index contributed by atoms with van der Waals surface area (Å²) >= 11 is 3.26. The van der Waals surface area contributed by atoms with Crippen LogP contribution >= 0.6 is 23.3 Å². The van der Waals surface area contributed by atoms with Crippen LogP contribution in [0.25, 0.3) is 5.13 Å². The summed E-state index contributed by atoms with van der Waals surface area (Å²) in [5.41, 5.74) is 1.35. The molecular formula is C21H24N6O2S2. The predicted octanol–water partition coefficient (Wildman–Crippen LogP) is 3.36. The normalized spacial score (nSPS) is 18.1. The van der Waals surface area contributed by atoms with Gasteiger partial charge in [0.15, 0.2) is 0 Å². The van der Waals surface area contributed by atoms with Crippen LogP contribution in [0.1, 0.15) is 34.5 Å². The van der Waals surface area contributed by atoms with E-state index in [0.717, 1.165) is 54.4 Å². The van der Waals surface area contributed by atoms with E-state index in [1.807, 2.05) is 31.6 Å². The predicted molar refractivity (Wildman–Crippen MR) is 123 cm³/mol. The Morgan fingerprint density at radius 1 is 1.35 bits per heavy atom. The first-order valence-electron chi connectivity index (χ1n) is 10.1. The highest BCUT2D eigenvalue weighted by Gasteiger charge is 2.33. The second-order valence-corrected chi connectivity index (χ2v) is 9.38. The molecule has 2 N–H and O–H groups in total. The van der Waals surface area contributed by atoms with Crippen LogP contribution < -0.4 is 10.6 Å². The first-order valence-corrected chi connectivity index (χ1v) is 11.7. The number of rotatable bonds is 4. The van der Waals surface area contributed by atoms with Crippen molar-refractivity contribution in [3.63, 3.8) is 0 Å². The Bertz CT molecular complexity index is 1040. The van der Waals surface area contributed by atoms with Crippen molar-refractivity contribution in [1.29, 1.82) is 0 Å². The Morgan fingerprint density at radius 3 is 3.03 bits per heavy atom. The second-order valence-electron chi connectivity index (χ2n) is 7.20. The van der Waals surface area contributed by atoms with Crippen molar-refractivity contribution in [3.05, 3.63) is 53.3 Å². The van der Waals surface area contributed by atoms with Gasteiger partial charge in [0.25, 0.3) is 0 Å². The van der Waals surface area contributed by atoms with E-state index in [9.17, 15) is 9.59 Å². The number of hydrogen-bond acceptors (Lipinski definition) is 8. The van der Waals surface area contributed by atoms with Crippen LogP contribution in [0.3, 0.4) is 0 Å². The average molecular weight is 457 g/mol. The number of benzene rings is 1. The lowest BCUT2D eigenvalue weighted by Crippen LogP contribution is -2.41. The summed E-state index contributed by atoms with van der Waals surface area (Å²) in [5, 5.41) is 11.0. The first-order chi connectivity index (χ1) is 15.2. The van der Waals surface area contributed by atoms with Crippen LogP contribution in [0.2, 0.25) is 0 Å². The highest BCUT2D eigenvalue weighted by Crippen LogP contribution is 2.38. The highest BCUT2D eigenvalue weighted by atomic mass is 32.2. The van der Waals surface area contributed by atoms with Gasteiger partial charge in [0, 0.05) is 47.0 Å². The maximum absolute atomic E-state index is 12.2. The van der Waals surface area contributed by atoms with Crippen LogP contribution in [0.5, 0.6) is 0 Å². The van der Waals surface area contributed by atoms with Crippen molar-refractivity contribution in [1.82, 2.24) is 24.4 Å². The van der Waals surface area contributed by atoms with Gasteiger partial charge in [-0.1, -0.05) is 23.8 Å². The molecule has 2 aliphatic rings. The van der Waals surface area contributed by atoms with Crippen molar-refractivity contribution in [3.8, 4) is 5.13 Å². The number of thiazole rings is 1. The summed E-state index contributed by atoms with van der Waals surface area (Å²) in [4.78, 5) is 29.4.